The van der Waals surface area contributed by atoms with Crippen LogP contribution in [0.25, 0.3) is 0 Å². The summed E-state index contributed by atoms with van der Waals surface area (Å²) in [6.45, 7) is 21.9. The molecule has 41 heavy (non-hydrogen) atoms. The number of hydrogen-bond acceptors (Lipinski definition) is 7. The second kappa shape index (κ2) is 15.4. The highest BCUT2D eigenvalue weighted by Crippen LogP contribution is 2.31. The Hall–Kier alpha value is -0.570. The lowest BCUT2D eigenvalue weighted by Gasteiger charge is -2.44. The lowest BCUT2D eigenvalue weighted by molar-refractivity contribution is -0.125. The number of Topliss-reactive ketones (excluding diaryl/α,β-unsaturated/α-hetero) is 1. The molecule has 0 spiro atoms. The maximum atomic E-state index is 13.0. The van der Waals surface area contributed by atoms with Gasteiger partial charge in [-0.05, 0) is 84.0 Å². The number of ether oxygens (including phenoxy) is 2. The van der Waals surface area contributed by atoms with Crippen molar-refractivity contribution in [2.75, 3.05) is 39.3 Å². The summed E-state index contributed by atoms with van der Waals surface area (Å²) in [4.78, 5) is 18.0. The van der Waals surface area contributed by atoms with Crippen LogP contribution in [0.15, 0.2) is 0 Å². The van der Waals surface area contributed by atoms with Gasteiger partial charge in [0, 0.05) is 62.3 Å². The van der Waals surface area contributed by atoms with Gasteiger partial charge in [0.1, 0.15) is 5.78 Å². The Morgan fingerprint density at radius 1 is 0.780 bits per heavy atom. The van der Waals surface area contributed by atoms with E-state index in [1.807, 2.05) is 0 Å². The van der Waals surface area contributed by atoms with Crippen molar-refractivity contribution in [3.8, 4) is 0 Å². The van der Waals surface area contributed by atoms with Crippen LogP contribution in [0.4, 0.5) is 0 Å². The van der Waals surface area contributed by atoms with E-state index in [0.29, 0.717) is 54.9 Å². The fourth-order valence-corrected chi connectivity index (χ4v) is 7.31. The van der Waals surface area contributed by atoms with Crippen LogP contribution >= 0.6 is 0 Å². The first-order valence-electron chi connectivity index (χ1n) is 17.3. The quantitative estimate of drug-likeness (QED) is 0.268. The molecule has 2 aliphatic heterocycles. The molecule has 2 aliphatic carbocycles. The number of nitrogens with zero attached hydrogens (tertiary/aromatic N) is 2. The van der Waals surface area contributed by atoms with Crippen molar-refractivity contribution < 1.29 is 14.3 Å². The van der Waals surface area contributed by atoms with E-state index in [2.05, 4.69) is 68.9 Å². The first-order chi connectivity index (χ1) is 19.4. The van der Waals surface area contributed by atoms with Gasteiger partial charge in [-0.3, -0.25) is 9.69 Å². The van der Waals surface area contributed by atoms with Gasteiger partial charge in [0.2, 0.25) is 0 Å². The third-order valence-electron chi connectivity index (χ3n) is 9.95. The average molecular weight is 577 g/mol. The molecular formula is C34H64N4O3. The normalized spacial score (nSPS) is 30.0. The van der Waals surface area contributed by atoms with Crippen LogP contribution in [-0.2, 0) is 14.3 Å². The van der Waals surface area contributed by atoms with Crippen LogP contribution in [0, 0.1) is 11.8 Å². The van der Waals surface area contributed by atoms with E-state index in [0.717, 1.165) is 70.4 Å². The molecule has 0 aromatic carbocycles. The molecule has 0 aromatic rings. The van der Waals surface area contributed by atoms with Crippen molar-refractivity contribution in [2.45, 2.75) is 161 Å². The minimum absolute atomic E-state index is 0.0489. The zero-order valence-corrected chi connectivity index (χ0v) is 27.6. The van der Waals surface area contributed by atoms with E-state index in [1.165, 1.54) is 32.5 Å². The van der Waals surface area contributed by atoms with Crippen LogP contribution in [0.2, 0.25) is 0 Å². The topological polar surface area (TPSA) is 66.1 Å². The second-order valence-corrected chi connectivity index (χ2v) is 15.5. The fraction of sp³-hybridized carbons (Fsp3) is 0.971. The lowest BCUT2D eigenvalue weighted by atomic mass is 9.84. The third-order valence-corrected chi connectivity index (χ3v) is 9.95. The molecule has 7 nitrogen and oxygen atoms in total. The zero-order valence-electron chi connectivity index (χ0n) is 27.6. The Morgan fingerprint density at radius 2 is 1.29 bits per heavy atom. The number of piperidine rings is 2. The Morgan fingerprint density at radius 3 is 1.80 bits per heavy atom. The van der Waals surface area contributed by atoms with Gasteiger partial charge in [-0.2, -0.15) is 0 Å². The molecule has 2 saturated heterocycles. The summed E-state index contributed by atoms with van der Waals surface area (Å²) >= 11 is 0. The molecule has 1 atom stereocenters. The van der Waals surface area contributed by atoms with Gasteiger partial charge in [0.15, 0.2) is 0 Å². The van der Waals surface area contributed by atoms with Crippen LogP contribution in [0.1, 0.15) is 113 Å². The molecule has 0 amide bonds. The molecule has 2 N–H and O–H groups in total. The summed E-state index contributed by atoms with van der Waals surface area (Å²) in [5, 5.41) is 7.48. The summed E-state index contributed by atoms with van der Waals surface area (Å²) in [6, 6.07) is 1.73. The number of likely N-dealkylation sites (tertiary alicyclic amines) is 2. The summed E-state index contributed by atoms with van der Waals surface area (Å²) in [6.07, 6.45) is 12.7. The van der Waals surface area contributed by atoms with Crippen LogP contribution in [-0.4, -0.2) is 103 Å². The highest BCUT2D eigenvalue weighted by atomic mass is 16.5. The van der Waals surface area contributed by atoms with Gasteiger partial charge >= 0.3 is 0 Å². The number of rotatable bonds is 16. The molecule has 2 saturated carbocycles. The largest absolute Gasteiger partial charge is 0.375 e. The Bertz CT molecular complexity index is 777. The molecule has 4 rings (SSSR count). The molecule has 7 heteroatoms. The van der Waals surface area contributed by atoms with E-state index < -0.39 is 0 Å². The minimum atomic E-state index is 0.0489. The highest BCUT2D eigenvalue weighted by molar-refractivity contribution is 5.82. The number of nitrogens with one attached hydrogen (secondary N) is 2. The number of carbonyl (C=O) groups is 1. The molecular weight excluding hydrogens is 512 g/mol. The molecule has 4 aliphatic rings. The van der Waals surface area contributed by atoms with Gasteiger partial charge in [-0.1, -0.05) is 34.6 Å². The molecule has 4 fully saturated rings. The highest BCUT2D eigenvalue weighted by Gasteiger charge is 2.36. The standard InChI is InChI=1S/C34H64N4O3/c1-24(2)22-37-14-9-29(10-15-37)41-32-20-28(21-32)36-34(6,7)13-8-26(5)33(39)23-38-16-11-30(12-17-38)40-31-18-27(19-31)35-25(3)4/h24-32,35-36H,8-23H2,1-7H3. The van der Waals surface area contributed by atoms with E-state index in [-0.39, 0.29) is 11.5 Å². The van der Waals surface area contributed by atoms with Crippen LogP contribution in [0.3, 0.4) is 0 Å². The molecule has 1 unspecified atom stereocenters. The number of hydrogen-bond donors (Lipinski definition) is 2. The summed E-state index contributed by atoms with van der Waals surface area (Å²) in [7, 11) is 0. The zero-order chi connectivity index (χ0) is 29.6. The molecule has 0 radical (unpaired) electrons. The summed E-state index contributed by atoms with van der Waals surface area (Å²) in [5.74, 6) is 1.26. The van der Waals surface area contributed by atoms with Crippen molar-refractivity contribution in [1.82, 2.24) is 20.4 Å². The van der Waals surface area contributed by atoms with Gasteiger partial charge < -0.3 is 25.0 Å². The number of ketones is 1. The average Bonchev–Trinajstić information content (AvgIpc) is 2.86. The maximum Gasteiger partial charge on any atom is 0.149 e. The Balaban J connectivity index is 1.03. The predicted molar refractivity (Wildman–Crippen MR) is 168 cm³/mol. The van der Waals surface area contributed by atoms with Crippen molar-refractivity contribution >= 4 is 5.78 Å². The van der Waals surface area contributed by atoms with E-state index in [9.17, 15) is 4.79 Å². The first kappa shape index (κ1) is 33.3. The third kappa shape index (κ3) is 11.1. The van der Waals surface area contributed by atoms with Crippen molar-refractivity contribution in [3.05, 3.63) is 0 Å². The van der Waals surface area contributed by atoms with E-state index in [1.54, 1.807) is 0 Å². The summed E-state index contributed by atoms with van der Waals surface area (Å²) < 4.78 is 12.8. The van der Waals surface area contributed by atoms with Gasteiger partial charge in [-0.15, -0.1) is 0 Å². The lowest BCUT2D eigenvalue weighted by Crippen LogP contribution is -2.54. The van der Waals surface area contributed by atoms with Gasteiger partial charge in [0.25, 0.3) is 0 Å². The molecule has 238 valence electrons. The molecule has 2 heterocycles. The van der Waals surface area contributed by atoms with Crippen molar-refractivity contribution in [1.29, 1.82) is 0 Å². The van der Waals surface area contributed by atoms with Crippen LogP contribution < -0.4 is 10.6 Å². The van der Waals surface area contributed by atoms with Crippen molar-refractivity contribution in [3.63, 3.8) is 0 Å². The van der Waals surface area contributed by atoms with E-state index >= 15 is 0 Å². The fourth-order valence-electron chi connectivity index (χ4n) is 7.31. The maximum absolute atomic E-state index is 13.0. The monoisotopic (exact) mass is 576 g/mol. The smallest absolute Gasteiger partial charge is 0.149 e. The summed E-state index contributed by atoms with van der Waals surface area (Å²) in [5.41, 5.74) is 0.0489. The van der Waals surface area contributed by atoms with E-state index in [4.69, 9.17) is 9.47 Å². The molecule has 0 bridgehead atoms. The predicted octanol–water partition coefficient (Wildman–Crippen LogP) is 5.02. The van der Waals surface area contributed by atoms with Gasteiger partial charge in [0.05, 0.1) is 31.0 Å². The minimum Gasteiger partial charge on any atom is -0.375 e. The Kier molecular flexibility index (Phi) is 12.5. The first-order valence-corrected chi connectivity index (χ1v) is 17.3. The SMILES string of the molecule is CC(C)CN1CCC(OC2CC(NC(C)(C)CCC(C)C(=O)CN3CCC(OC4CC(NC(C)C)C4)CC3)C2)CC1. The van der Waals surface area contributed by atoms with Gasteiger partial charge in [-0.25, -0.2) is 0 Å². The second-order valence-electron chi connectivity index (χ2n) is 15.5. The molecule has 0 aromatic heterocycles. The number of carbonyl (C=O) groups excluding carboxylic acids is 1. The van der Waals surface area contributed by atoms with Crippen LogP contribution in [0.5, 0.6) is 0 Å². The van der Waals surface area contributed by atoms with Crippen molar-refractivity contribution in [2.24, 2.45) is 11.8 Å². The Labute approximate surface area is 252 Å².